The van der Waals surface area contributed by atoms with Gasteiger partial charge >= 0.3 is 11.5 Å². The predicted octanol–water partition coefficient (Wildman–Crippen LogP) is 4.18. The summed E-state index contributed by atoms with van der Waals surface area (Å²) in [5.41, 5.74) is -3.62. The summed E-state index contributed by atoms with van der Waals surface area (Å²) in [6, 6.07) is 4.78. The molecule has 0 spiro atoms. The topological polar surface area (TPSA) is 46.5 Å². The molecule has 0 amide bonds. The Morgan fingerprint density at radius 3 is 2.70 bits per heavy atom. The van der Waals surface area contributed by atoms with Gasteiger partial charge in [0.05, 0.1) is 11.1 Å². The number of rotatable bonds is 6. The molecule has 1 aromatic rings. The standard InChI is InChI=1S/C12H10BrF3O3S/c13-9-7-8(2-4-11(17)18)1-3-10(9)19-5-6-20-12(14,15)16/h1-4,7H,5-6H2,(H,17,18)/b4-2+. The van der Waals surface area contributed by atoms with Crippen LogP contribution in [0.1, 0.15) is 5.56 Å². The zero-order chi connectivity index (χ0) is 15.2. The summed E-state index contributed by atoms with van der Waals surface area (Å²) in [6.07, 6.45) is 2.39. The molecule has 0 aliphatic heterocycles. The van der Waals surface area contributed by atoms with E-state index >= 15 is 0 Å². The van der Waals surface area contributed by atoms with E-state index in [0.29, 0.717) is 15.8 Å². The van der Waals surface area contributed by atoms with E-state index in [-0.39, 0.29) is 24.1 Å². The number of hydrogen-bond donors (Lipinski definition) is 1. The molecule has 20 heavy (non-hydrogen) atoms. The van der Waals surface area contributed by atoms with E-state index in [2.05, 4.69) is 15.9 Å². The molecule has 0 fully saturated rings. The Kier molecular flexibility index (Phi) is 6.41. The second-order valence-corrected chi connectivity index (χ2v) is 5.52. The quantitative estimate of drug-likeness (QED) is 0.602. The number of hydrogen-bond acceptors (Lipinski definition) is 3. The first-order valence-electron chi connectivity index (χ1n) is 5.32. The highest BCUT2D eigenvalue weighted by Gasteiger charge is 2.27. The summed E-state index contributed by atoms with van der Waals surface area (Å²) < 4.78 is 41.5. The molecule has 0 aromatic heterocycles. The van der Waals surface area contributed by atoms with E-state index in [0.717, 1.165) is 6.08 Å². The molecule has 1 N–H and O–H groups in total. The molecule has 0 radical (unpaired) electrons. The van der Waals surface area contributed by atoms with Crippen LogP contribution >= 0.6 is 27.7 Å². The number of carbonyl (C=O) groups is 1. The number of halogens is 4. The van der Waals surface area contributed by atoms with Gasteiger partial charge in [0.1, 0.15) is 5.75 Å². The molecule has 110 valence electrons. The van der Waals surface area contributed by atoms with E-state index in [9.17, 15) is 18.0 Å². The van der Waals surface area contributed by atoms with Crippen molar-refractivity contribution in [3.63, 3.8) is 0 Å². The average molecular weight is 371 g/mol. The minimum Gasteiger partial charge on any atom is -0.492 e. The number of ether oxygens (including phenoxy) is 1. The summed E-state index contributed by atoms with van der Waals surface area (Å²) >= 11 is 3.07. The Bertz CT molecular complexity index is 503. The van der Waals surface area contributed by atoms with Crippen molar-refractivity contribution in [1.29, 1.82) is 0 Å². The van der Waals surface area contributed by atoms with Gasteiger partial charge in [0.2, 0.25) is 0 Å². The molecule has 0 saturated heterocycles. The Hall–Kier alpha value is -1.15. The molecular weight excluding hydrogens is 361 g/mol. The smallest absolute Gasteiger partial charge is 0.441 e. The first-order valence-corrected chi connectivity index (χ1v) is 7.10. The van der Waals surface area contributed by atoms with Crippen LogP contribution in [0.25, 0.3) is 6.08 Å². The highest BCUT2D eigenvalue weighted by Crippen LogP contribution is 2.31. The maximum atomic E-state index is 11.9. The molecule has 1 aromatic carbocycles. The third-order valence-electron chi connectivity index (χ3n) is 1.98. The third kappa shape index (κ3) is 6.85. The molecular formula is C12H10BrF3O3S. The number of thioether (sulfide) groups is 1. The van der Waals surface area contributed by atoms with E-state index in [4.69, 9.17) is 9.84 Å². The van der Waals surface area contributed by atoms with E-state index in [1.807, 2.05) is 0 Å². The van der Waals surface area contributed by atoms with E-state index in [1.165, 1.54) is 6.08 Å². The molecule has 0 aliphatic carbocycles. The molecule has 0 saturated carbocycles. The van der Waals surface area contributed by atoms with Gasteiger partial charge in [-0.1, -0.05) is 6.07 Å². The monoisotopic (exact) mass is 370 g/mol. The zero-order valence-corrected chi connectivity index (χ0v) is 12.4. The van der Waals surface area contributed by atoms with E-state index < -0.39 is 11.5 Å². The van der Waals surface area contributed by atoms with Crippen molar-refractivity contribution in [2.45, 2.75) is 5.51 Å². The van der Waals surface area contributed by atoms with Gasteiger partial charge in [0.15, 0.2) is 0 Å². The molecule has 0 unspecified atom stereocenters. The van der Waals surface area contributed by atoms with Crippen molar-refractivity contribution in [1.82, 2.24) is 0 Å². The maximum absolute atomic E-state index is 11.9. The van der Waals surface area contributed by atoms with Gasteiger partial charge in [-0.05, 0) is 51.5 Å². The normalized spacial score (nSPS) is 11.8. The zero-order valence-electron chi connectivity index (χ0n) is 9.98. The summed E-state index contributed by atoms with van der Waals surface area (Å²) in [4.78, 5) is 10.4. The SMILES string of the molecule is O=C(O)/C=C/c1ccc(OCCSC(F)(F)F)c(Br)c1. The Morgan fingerprint density at radius 2 is 2.15 bits per heavy atom. The van der Waals surface area contributed by atoms with Crippen LogP contribution in [-0.4, -0.2) is 28.9 Å². The number of carboxylic acid groups (broad SMARTS) is 1. The summed E-state index contributed by atoms with van der Waals surface area (Å²) in [5, 5.41) is 8.49. The first kappa shape index (κ1) is 16.9. The van der Waals surface area contributed by atoms with Crippen molar-refractivity contribution in [2.75, 3.05) is 12.4 Å². The van der Waals surface area contributed by atoms with Gasteiger partial charge in [0, 0.05) is 11.8 Å². The summed E-state index contributed by atoms with van der Waals surface area (Å²) in [6.45, 7) is -0.0763. The van der Waals surface area contributed by atoms with Crippen LogP contribution in [-0.2, 0) is 4.79 Å². The predicted molar refractivity (Wildman–Crippen MR) is 74.8 cm³/mol. The molecule has 0 heterocycles. The molecule has 8 heteroatoms. The number of benzene rings is 1. The van der Waals surface area contributed by atoms with Crippen molar-refractivity contribution >= 4 is 39.7 Å². The van der Waals surface area contributed by atoms with Crippen molar-refractivity contribution in [3.05, 3.63) is 34.3 Å². The molecule has 0 atom stereocenters. The lowest BCUT2D eigenvalue weighted by molar-refractivity contribution is -0.131. The minimum absolute atomic E-state index is 0.0763. The highest BCUT2D eigenvalue weighted by atomic mass is 79.9. The number of alkyl halides is 3. The fourth-order valence-corrected chi connectivity index (χ4v) is 2.12. The van der Waals surface area contributed by atoms with Crippen molar-refractivity contribution < 1.29 is 27.8 Å². The van der Waals surface area contributed by atoms with Crippen LogP contribution in [0.4, 0.5) is 13.2 Å². The first-order chi connectivity index (χ1) is 9.28. The van der Waals surface area contributed by atoms with Gasteiger partial charge in [-0.15, -0.1) is 0 Å². The third-order valence-corrected chi connectivity index (χ3v) is 3.30. The minimum atomic E-state index is -4.26. The molecule has 0 aliphatic rings. The largest absolute Gasteiger partial charge is 0.492 e. The fourth-order valence-electron chi connectivity index (χ4n) is 1.21. The van der Waals surface area contributed by atoms with Gasteiger partial charge < -0.3 is 9.84 Å². The van der Waals surface area contributed by atoms with Gasteiger partial charge in [0.25, 0.3) is 0 Å². The Morgan fingerprint density at radius 1 is 1.45 bits per heavy atom. The van der Waals surface area contributed by atoms with Gasteiger partial charge in [-0.3, -0.25) is 0 Å². The summed E-state index contributed by atoms with van der Waals surface area (Å²) in [7, 11) is 0. The summed E-state index contributed by atoms with van der Waals surface area (Å²) in [5.74, 6) is -0.859. The van der Waals surface area contributed by atoms with Crippen LogP contribution in [0.15, 0.2) is 28.7 Å². The maximum Gasteiger partial charge on any atom is 0.441 e. The lowest BCUT2D eigenvalue weighted by Crippen LogP contribution is -2.07. The van der Waals surface area contributed by atoms with Crippen molar-refractivity contribution in [3.8, 4) is 5.75 Å². The average Bonchev–Trinajstić information content (AvgIpc) is 2.32. The molecule has 3 nitrogen and oxygen atoms in total. The van der Waals surface area contributed by atoms with Crippen LogP contribution in [0.5, 0.6) is 5.75 Å². The van der Waals surface area contributed by atoms with Crippen LogP contribution in [0.2, 0.25) is 0 Å². The second-order valence-electron chi connectivity index (χ2n) is 3.50. The highest BCUT2D eigenvalue weighted by molar-refractivity contribution is 9.10. The van der Waals surface area contributed by atoms with E-state index in [1.54, 1.807) is 18.2 Å². The Labute approximate surface area is 125 Å². The lowest BCUT2D eigenvalue weighted by Gasteiger charge is -2.09. The second kappa shape index (κ2) is 7.58. The van der Waals surface area contributed by atoms with Crippen LogP contribution in [0.3, 0.4) is 0 Å². The number of carboxylic acids is 1. The molecule has 0 bridgehead atoms. The van der Waals surface area contributed by atoms with Gasteiger partial charge in [-0.25, -0.2) is 4.79 Å². The Balaban J connectivity index is 2.54. The van der Waals surface area contributed by atoms with Crippen LogP contribution in [0, 0.1) is 0 Å². The van der Waals surface area contributed by atoms with Crippen LogP contribution < -0.4 is 4.74 Å². The van der Waals surface area contributed by atoms with Gasteiger partial charge in [-0.2, -0.15) is 13.2 Å². The van der Waals surface area contributed by atoms with Crippen molar-refractivity contribution in [2.24, 2.45) is 0 Å². The molecule has 1 rings (SSSR count). The number of aliphatic carboxylic acids is 1. The fraction of sp³-hybridized carbons (Fsp3) is 0.250. The lowest BCUT2D eigenvalue weighted by atomic mass is 10.2.